The third-order valence-corrected chi connectivity index (χ3v) is 5.95. The molecule has 2 aromatic carbocycles. The van der Waals surface area contributed by atoms with Crippen molar-refractivity contribution in [1.29, 1.82) is 0 Å². The Morgan fingerprint density at radius 3 is 2.64 bits per heavy atom. The van der Waals surface area contributed by atoms with Gasteiger partial charge in [0.05, 0.1) is 11.9 Å². The quantitative estimate of drug-likeness (QED) is 0.494. The summed E-state index contributed by atoms with van der Waals surface area (Å²) in [4.78, 5) is 8.37. The molecular weight excluding hydrogens is 422 g/mol. The summed E-state index contributed by atoms with van der Waals surface area (Å²) in [5, 5.41) is 4.70. The average molecular weight is 447 g/mol. The zero-order valence-electron chi connectivity index (χ0n) is 18.2. The van der Waals surface area contributed by atoms with E-state index in [1.807, 2.05) is 36.4 Å². The third kappa shape index (κ3) is 3.93. The van der Waals surface area contributed by atoms with E-state index in [9.17, 15) is 8.78 Å². The van der Waals surface area contributed by atoms with Crippen LogP contribution in [0.4, 0.5) is 20.3 Å². The average Bonchev–Trinajstić information content (AvgIpc) is 3.38. The molecule has 1 fully saturated rings. The summed E-state index contributed by atoms with van der Waals surface area (Å²) in [7, 11) is 1.79. The van der Waals surface area contributed by atoms with Crippen LogP contribution in [0.15, 0.2) is 73.1 Å². The van der Waals surface area contributed by atoms with Gasteiger partial charge in [0.25, 0.3) is 0 Å². The molecule has 3 heterocycles. The van der Waals surface area contributed by atoms with Crippen molar-refractivity contribution in [3.8, 4) is 11.3 Å². The van der Waals surface area contributed by atoms with Gasteiger partial charge in [-0.2, -0.15) is 0 Å². The standard InChI is InChI=1S/C25H24F2N6/c1-16-12-19(28)15-32(16)20-8-6-17(7-9-20)22-13-29-23-10-11-24(30-33(22)23)31(2)14-18-4-3-5-21(26)25(18)27/h3-11,13,19H,1,12,14-15,28H2,2H3/t19-/m0/s1. The SMILES string of the molecule is C=C1C[C@H](N)CN1c1ccc(-c2cnc3ccc(N(C)Cc4cccc(F)c4F)nn23)cc1. The summed E-state index contributed by atoms with van der Waals surface area (Å²) in [6.07, 6.45) is 2.58. The Bertz CT molecular complexity index is 1330. The van der Waals surface area contributed by atoms with Gasteiger partial charge < -0.3 is 15.5 Å². The Hall–Kier alpha value is -3.78. The number of hydrogen-bond acceptors (Lipinski definition) is 5. The molecule has 0 spiro atoms. The maximum absolute atomic E-state index is 14.1. The molecular formula is C25H24F2N6. The highest BCUT2D eigenvalue weighted by Crippen LogP contribution is 2.29. The first kappa shape index (κ1) is 21.1. The van der Waals surface area contributed by atoms with Crippen LogP contribution in [0.2, 0.25) is 0 Å². The Balaban J connectivity index is 1.42. The molecule has 5 rings (SSSR count). The fraction of sp³-hybridized carbons (Fsp3) is 0.200. The van der Waals surface area contributed by atoms with Gasteiger partial charge in [0.2, 0.25) is 0 Å². The summed E-state index contributed by atoms with van der Waals surface area (Å²) in [5.74, 6) is -1.08. The topological polar surface area (TPSA) is 62.7 Å². The van der Waals surface area contributed by atoms with Gasteiger partial charge in [0.1, 0.15) is 5.82 Å². The van der Waals surface area contributed by atoms with Gasteiger partial charge in [0.15, 0.2) is 17.3 Å². The summed E-state index contributed by atoms with van der Waals surface area (Å²) < 4.78 is 29.4. The van der Waals surface area contributed by atoms with E-state index in [-0.39, 0.29) is 18.2 Å². The highest BCUT2D eigenvalue weighted by molar-refractivity contribution is 5.67. The van der Waals surface area contributed by atoms with Gasteiger partial charge in [-0.15, -0.1) is 5.10 Å². The fourth-order valence-corrected chi connectivity index (χ4v) is 4.21. The van der Waals surface area contributed by atoms with Crippen LogP contribution in [0, 0.1) is 11.6 Å². The fourth-order valence-electron chi connectivity index (χ4n) is 4.21. The van der Waals surface area contributed by atoms with E-state index >= 15 is 0 Å². The van der Waals surface area contributed by atoms with Crippen LogP contribution in [0.25, 0.3) is 16.9 Å². The van der Waals surface area contributed by atoms with Crippen LogP contribution in [0.1, 0.15) is 12.0 Å². The maximum Gasteiger partial charge on any atom is 0.163 e. The molecule has 0 bridgehead atoms. The molecule has 1 aliphatic heterocycles. The van der Waals surface area contributed by atoms with Gasteiger partial charge >= 0.3 is 0 Å². The van der Waals surface area contributed by atoms with E-state index in [1.165, 1.54) is 6.07 Å². The molecule has 33 heavy (non-hydrogen) atoms. The minimum absolute atomic E-state index is 0.108. The van der Waals surface area contributed by atoms with Crippen LogP contribution in [-0.4, -0.2) is 34.2 Å². The van der Waals surface area contributed by atoms with Crippen LogP contribution < -0.4 is 15.5 Å². The largest absolute Gasteiger partial charge is 0.354 e. The Kier molecular flexibility index (Phi) is 5.30. The molecule has 2 aromatic heterocycles. The number of imidazole rings is 1. The summed E-state index contributed by atoms with van der Waals surface area (Å²) in [6.45, 7) is 5.06. The Labute approximate surface area is 190 Å². The zero-order chi connectivity index (χ0) is 23.1. The number of fused-ring (bicyclic) bond motifs is 1. The number of benzene rings is 2. The van der Waals surface area contributed by atoms with Crippen molar-refractivity contribution < 1.29 is 8.78 Å². The maximum atomic E-state index is 14.1. The van der Waals surface area contributed by atoms with Crippen molar-refractivity contribution in [2.24, 2.45) is 5.73 Å². The van der Waals surface area contributed by atoms with Gasteiger partial charge in [-0.3, -0.25) is 0 Å². The van der Waals surface area contributed by atoms with E-state index in [4.69, 9.17) is 10.8 Å². The van der Waals surface area contributed by atoms with Gasteiger partial charge in [-0.25, -0.2) is 18.3 Å². The normalized spacial score (nSPS) is 16.1. The molecule has 6 nitrogen and oxygen atoms in total. The predicted molar refractivity (Wildman–Crippen MR) is 126 cm³/mol. The monoisotopic (exact) mass is 446 g/mol. The number of nitrogens with two attached hydrogens (primary N) is 1. The lowest BCUT2D eigenvalue weighted by molar-refractivity contribution is 0.498. The summed E-state index contributed by atoms with van der Waals surface area (Å²) in [5.41, 5.74) is 10.9. The third-order valence-electron chi connectivity index (χ3n) is 5.95. The molecule has 1 saturated heterocycles. The molecule has 0 aliphatic carbocycles. The summed E-state index contributed by atoms with van der Waals surface area (Å²) in [6, 6.07) is 16.1. The predicted octanol–water partition coefficient (Wildman–Crippen LogP) is 4.36. The highest BCUT2D eigenvalue weighted by Gasteiger charge is 2.23. The number of nitrogens with zero attached hydrogens (tertiary/aromatic N) is 5. The van der Waals surface area contributed by atoms with Crippen molar-refractivity contribution in [2.45, 2.75) is 19.0 Å². The van der Waals surface area contributed by atoms with Gasteiger partial charge in [-0.05, 0) is 30.3 Å². The molecule has 8 heteroatoms. The molecule has 2 N–H and O–H groups in total. The Morgan fingerprint density at radius 2 is 1.91 bits per heavy atom. The summed E-state index contributed by atoms with van der Waals surface area (Å²) >= 11 is 0. The molecule has 168 valence electrons. The van der Waals surface area contributed by atoms with E-state index in [0.29, 0.717) is 11.5 Å². The van der Waals surface area contributed by atoms with E-state index in [1.54, 1.807) is 28.7 Å². The van der Waals surface area contributed by atoms with E-state index in [2.05, 4.69) is 16.5 Å². The second-order valence-electron chi connectivity index (χ2n) is 8.36. The number of aromatic nitrogens is 3. The first-order valence-electron chi connectivity index (χ1n) is 10.7. The number of hydrogen-bond donors (Lipinski definition) is 1. The molecule has 1 atom stereocenters. The van der Waals surface area contributed by atoms with Crippen LogP contribution in [-0.2, 0) is 6.54 Å². The zero-order valence-corrected chi connectivity index (χ0v) is 18.2. The van der Waals surface area contributed by atoms with Crippen LogP contribution in [0.5, 0.6) is 0 Å². The minimum Gasteiger partial charge on any atom is -0.354 e. The first-order chi connectivity index (χ1) is 15.9. The lowest BCUT2D eigenvalue weighted by Crippen LogP contribution is -2.25. The molecule has 4 aromatic rings. The van der Waals surface area contributed by atoms with Crippen molar-refractivity contribution in [2.75, 3.05) is 23.4 Å². The number of halogens is 2. The van der Waals surface area contributed by atoms with Gasteiger partial charge in [0, 0.05) is 55.1 Å². The highest BCUT2D eigenvalue weighted by atomic mass is 19.2. The van der Waals surface area contributed by atoms with Crippen LogP contribution >= 0.6 is 0 Å². The number of anilines is 2. The van der Waals surface area contributed by atoms with Crippen molar-refractivity contribution in [3.05, 3.63) is 90.3 Å². The van der Waals surface area contributed by atoms with Crippen molar-refractivity contribution in [1.82, 2.24) is 14.6 Å². The minimum atomic E-state index is -0.857. The van der Waals surface area contributed by atoms with Gasteiger partial charge in [-0.1, -0.05) is 30.8 Å². The lowest BCUT2D eigenvalue weighted by Gasteiger charge is -2.20. The van der Waals surface area contributed by atoms with Crippen molar-refractivity contribution in [3.63, 3.8) is 0 Å². The lowest BCUT2D eigenvalue weighted by atomic mass is 10.1. The Morgan fingerprint density at radius 1 is 1.12 bits per heavy atom. The second kappa shape index (κ2) is 8.29. The molecule has 0 unspecified atom stereocenters. The molecule has 1 aliphatic rings. The van der Waals surface area contributed by atoms with Crippen molar-refractivity contribution >= 4 is 17.2 Å². The van der Waals surface area contributed by atoms with E-state index < -0.39 is 11.6 Å². The van der Waals surface area contributed by atoms with Crippen LogP contribution in [0.3, 0.4) is 0 Å². The molecule has 0 amide bonds. The smallest absolute Gasteiger partial charge is 0.163 e. The first-order valence-corrected chi connectivity index (χ1v) is 10.7. The number of rotatable bonds is 5. The second-order valence-corrected chi connectivity index (χ2v) is 8.36. The molecule has 0 radical (unpaired) electrons. The molecule has 0 saturated carbocycles. The van der Waals surface area contributed by atoms with E-state index in [0.717, 1.165) is 41.7 Å².